The monoisotopic (exact) mass is 333 g/mol. The van der Waals surface area contributed by atoms with E-state index in [4.69, 9.17) is 4.63 Å². The first-order chi connectivity index (χ1) is 12.2. The van der Waals surface area contributed by atoms with Crippen molar-refractivity contribution < 1.29 is 9.74 Å². The van der Waals surface area contributed by atoms with E-state index in [9.17, 15) is 5.11 Å². The molecule has 0 unspecified atom stereocenters. The van der Waals surface area contributed by atoms with Crippen molar-refractivity contribution in [2.75, 3.05) is 5.32 Å². The number of hydrogen-bond donors (Lipinski definition) is 2. The highest BCUT2D eigenvalue weighted by Gasteiger charge is 2.10. The van der Waals surface area contributed by atoms with Gasteiger partial charge in [0, 0.05) is 22.9 Å². The molecule has 0 radical (unpaired) electrons. The zero-order valence-corrected chi connectivity index (χ0v) is 13.4. The number of aliphatic hydroxyl groups excluding tert-OH is 1. The van der Waals surface area contributed by atoms with Crippen LogP contribution in [-0.4, -0.2) is 25.4 Å². The lowest BCUT2D eigenvalue weighted by molar-refractivity contribution is 0.200. The molecule has 0 saturated heterocycles. The highest BCUT2D eigenvalue weighted by atomic mass is 16.6. The molecule has 4 aromatic rings. The Hall–Kier alpha value is -3.32. The maximum atomic E-state index is 9.90. The fourth-order valence-electron chi connectivity index (χ4n) is 2.64. The average molecular weight is 333 g/mol. The number of nitrogens with one attached hydrogen (secondary N) is 1. The van der Waals surface area contributed by atoms with Gasteiger partial charge in [-0.1, -0.05) is 24.3 Å². The lowest BCUT2D eigenvalue weighted by Crippen LogP contribution is -2.01. The summed E-state index contributed by atoms with van der Waals surface area (Å²) in [5.74, 6) is 0.636. The Morgan fingerprint density at radius 3 is 2.72 bits per heavy atom. The van der Waals surface area contributed by atoms with E-state index in [1.54, 1.807) is 6.92 Å². The number of benzene rings is 2. The minimum atomic E-state index is -0.577. The molecule has 124 valence electrons. The fourth-order valence-corrected chi connectivity index (χ4v) is 2.64. The van der Waals surface area contributed by atoms with Crippen molar-refractivity contribution in [2.45, 2.75) is 13.0 Å². The molecule has 0 saturated carbocycles. The van der Waals surface area contributed by atoms with Gasteiger partial charge in [-0.25, -0.2) is 14.6 Å². The number of para-hydroxylation sites is 1. The van der Waals surface area contributed by atoms with Crippen LogP contribution in [0.2, 0.25) is 0 Å². The van der Waals surface area contributed by atoms with Gasteiger partial charge in [-0.3, -0.25) is 0 Å². The minimum absolute atomic E-state index is 0.577. The summed E-state index contributed by atoms with van der Waals surface area (Å²) in [5.41, 5.74) is 4.61. The van der Waals surface area contributed by atoms with Crippen LogP contribution in [0.3, 0.4) is 0 Å². The zero-order valence-electron chi connectivity index (χ0n) is 13.4. The van der Waals surface area contributed by atoms with E-state index < -0.39 is 6.10 Å². The van der Waals surface area contributed by atoms with Gasteiger partial charge in [0.1, 0.15) is 23.2 Å². The second-order valence-electron chi connectivity index (χ2n) is 5.64. The summed E-state index contributed by atoms with van der Waals surface area (Å²) in [6.45, 7) is 1.73. The predicted molar refractivity (Wildman–Crippen MR) is 93.2 cm³/mol. The van der Waals surface area contributed by atoms with Crippen LogP contribution < -0.4 is 5.32 Å². The third kappa shape index (κ3) is 3.05. The van der Waals surface area contributed by atoms with E-state index in [2.05, 4.69) is 25.6 Å². The molecule has 0 aliphatic rings. The molecule has 0 amide bonds. The van der Waals surface area contributed by atoms with E-state index in [0.29, 0.717) is 16.9 Å². The van der Waals surface area contributed by atoms with E-state index in [1.165, 1.54) is 6.33 Å². The molecule has 0 aliphatic heterocycles. The van der Waals surface area contributed by atoms with Crippen LogP contribution in [0.4, 0.5) is 11.5 Å². The predicted octanol–water partition coefficient (Wildman–Crippen LogP) is 3.48. The molecule has 2 aromatic heterocycles. The molecule has 0 fully saturated rings. The first-order valence-electron chi connectivity index (χ1n) is 7.79. The van der Waals surface area contributed by atoms with Gasteiger partial charge < -0.3 is 10.4 Å². The lowest BCUT2D eigenvalue weighted by Gasteiger charge is -2.13. The average Bonchev–Trinajstić information content (AvgIpc) is 3.10. The standard InChI is InChI=1S/C18H15N5O2/c1-11(24)13-4-2-3-5-14(13)21-18-9-16(19-10-20-18)12-6-7-15-17(8-12)23-25-22-15/h2-11,24H,1H3,(H,19,20,21)/t11-/m1/s1. The van der Waals surface area contributed by atoms with Gasteiger partial charge in [0.05, 0.1) is 11.8 Å². The Morgan fingerprint density at radius 1 is 1.00 bits per heavy atom. The Kier molecular flexibility index (Phi) is 3.83. The summed E-state index contributed by atoms with van der Waals surface area (Å²) in [7, 11) is 0. The van der Waals surface area contributed by atoms with Crippen molar-refractivity contribution in [1.82, 2.24) is 20.3 Å². The SMILES string of the molecule is C[C@@H](O)c1ccccc1Nc1cc(-c2ccc3nonc3c2)ncn1. The Bertz CT molecular complexity index is 1030. The summed E-state index contributed by atoms with van der Waals surface area (Å²) in [5, 5.41) is 20.8. The summed E-state index contributed by atoms with van der Waals surface area (Å²) < 4.78 is 4.73. The molecule has 2 heterocycles. The summed E-state index contributed by atoms with van der Waals surface area (Å²) >= 11 is 0. The number of anilines is 2. The van der Waals surface area contributed by atoms with Crippen molar-refractivity contribution in [1.29, 1.82) is 0 Å². The summed E-state index contributed by atoms with van der Waals surface area (Å²) in [6.07, 6.45) is 0.917. The number of rotatable bonds is 4. The van der Waals surface area contributed by atoms with Gasteiger partial charge in [0.2, 0.25) is 0 Å². The van der Waals surface area contributed by atoms with Crippen LogP contribution in [0.15, 0.2) is 59.5 Å². The Labute approximate surface area is 143 Å². The molecular weight excluding hydrogens is 318 g/mol. The largest absolute Gasteiger partial charge is 0.389 e. The van der Waals surface area contributed by atoms with Gasteiger partial charge in [0.15, 0.2) is 0 Å². The molecule has 2 N–H and O–H groups in total. The Morgan fingerprint density at radius 2 is 1.84 bits per heavy atom. The first-order valence-corrected chi connectivity index (χ1v) is 7.79. The third-order valence-corrected chi connectivity index (χ3v) is 3.89. The van der Waals surface area contributed by atoms with Crippen LogP contribution in [0, 0.1) is 0 Å². The highest BCUT2D eigenvalue weighted by Crippen LogP contribution is 2.27. The zero-order chi connectivity index (χ0) is 17.2. The molecule has 1 atom stereocenters. The highest BCUT2D eigenvalue weighted by molar-refractivity contribution is 5.80. The van der Waals surface area contributed by atoms with Gasteiger partial charge in [-0.15, -0.1) is 0 Å². The molecular formula is C18H15N5O2. The molecule has 0 spiro atoms. The van der Waals surface area contributed by atoms with Crippen LogP contribution >= 0.6 is 0 Å². The van der Waals surface area contributed by atoms with Crippen LogP contribution in [0.1, 0.15) is 18.6 Å². The molecule has 7 heteroatoms. The van der Waals surface area contributed by atoms with Gasteiger partial charge in [0.25, 0.3) is 0 Å². The van der Waals surface area contributed by atoms with Gasteiger partial charge in [-0.2, -0.15) is 0 Å². The van der Waals surface area contributed by atoms with E-state index in [-0.39, 0.29) is 0 Å². The number of hydrogen-bond acceptors (Lipinski definition) is 7. The quantitative estimate of drug-likeness (QED) is 0.590. The number of aliphatic hydroxyl groups is 1. The lowest BCUT2D eigenvalue weighted by atomic mass is 10.1. The topological polar surface area (TPSA) is 97.0 Å². The molecule has 0 bridgehead atoms. The first kappa shape index (κ1) is 15.2. The summed E-state index contributed by atoms with van der Waals surface area (Å²) in [6, 6.07) is 15.0. The van der Waals surface area contributed by atoms with E-state index in [1.807, 2.05) is 48.5 Å². The van der Waals surface area contributed by atoms with Crippen molar-refractivity contribution in [3.63, 3.8) is 0 Å². The second-order valence-corrected chi connectivity index (χ2v) is 5.64. The number of fused-ring (bicyclic) bond motifs is 1. The maximum absolute atomic E-state index is 9.90. The molecule has 4 rings (SSSR count). The van der Waals surface area contributed by atoms with Crippen LogP contribution in [0.5, 0.6) is 0 Å². The smallest absolute Gasteiger partial charge is 0.135 e. The Balaban J connectivity index is 1.68. The molecule has 7 nitrogen and oxygen atoms in total. The van der Waals surface area contributed by atoms with Crippen LogP contribution in [-0.2, 0) is 0 Å². The number of nitrogens with zero attached hydrogens (tertiary/aromatic N) is 4. The van der Waals surface area contributed by atoms with Gasteiger partial charge >= 0.3 is 0 Å². The second kappa shape index (κ2) is 6.29. The van der Waals surface area contributed by atoms with Crippen molar-refractivity contribution in [2.24, 2.45) is 0 Å². The minimum Gasteiger partial charge on any atom is -0.389 e. The third-order valence-electron chi connectivity index (χ3n) is 3.89. The maximum Gasteiger partial charge on any atom is 0.135 e. The van der Waals surface area contributed by atoms with Gasteiger partial charge in [-0.05, 0) is 35.4 Å². The van der Waals surface area contributed by atoms with E-state index >= 15 is 0 Å². The van der Waals surface area contributed by atoms with Crippen LogP contribution in [0.25, 0.3) is 22.3 Å². The summed E-state index contributed by atoms with van der Waals surface area (Å²) in [4.78, 5) is 8.58. The normalized spacial score (nSPS) is 12.2. The molecule has 2 aromatic carbocycles. The van der Waals surface area contributed by atoms with Crippen molar-refractivity contribution in [3.05, 3.63) is 60.4 Å². The molecule has 25 heavy (non-hydrogen) atoms. The van der Waals surface area contributed by atoms with Crippen molar-refractivity contribution in [3.8, 4) is 11.3 Å². The fraction of sp³-hybridized carbons (Fsp3) is 0.111. The van der Waals surface area contributed by atoms with Crippen molar-refractivity contribution >= 4 is 22.5 Å². The molecule has 0 aliphatic carbocycles. The number of aromatic nitrogens is 4. The van der Waals surface area contributed by atoms with E-state index in [0.717, 1.165) is 22.5 Å².